The van der Waals surface area contributed by atoms with Gasteiger partial charge in [0.2, 0.25) is 5.91 Å². The number of rotatable bonds is 3. The SMILES string of the molecule is Cc1cccc(N(C)C(=O)C(C)(C)c2ccc(N)cc2)c1. The van der Waals surface area contributed by atoms with Crippen LogP contribution in [-0.2, 0) is 10.2 Å². The molecule has 0 fully saturated rings. The molecule has 0 saturated heterocycles. The van der Waals surface area contributed by atoms with E-state index in [9.17, 15) is 4.79 Å². The Morgan fingerprint density at radius 1 is 1.10 bits per heavy atom. The van der Waals surface area contributed by atoms with Gasteiger partial charge in [0.25, 0.3) is 0 Å². The van der Waals surface area contributed by atoms with Gasteiger partial charge in [0.1, 0.15) is 0 Å². The van der Waals surface area contributed by atoms with Crippen LogP contribution in [0.1, 0.15) is 25.0 Å². The first-order valence-electron chi connectivity index (χ1n) is 7.03. The van der Waals surface area contributed by atoms with Gasteiger partial charge in [-0.25, -0.2) is 0 Å². The minimum absolute atomic E-state index is 0.0536. The molecule has 3 heteroatoms. The van der Waals surface area contributed by atoms with Gasteiger partial charge in [0, 0.05) is 18.4 Å². The zero-order valence-corrected chi connectivity index (χ0v) is 13.1. The lowest BCUT2D eigenvalue weighted by atomic mass is 9.83. The molecule has 0 atom stereocenters. The minimum atomic E-state index is -0.605. The normalized spacial score (nSPS) is 11.2. The molecule has 0 aromatic heterocycles. The van der Waals surface area contributed by atoms with Crippen LogP contribution in [-0.4, -0.2) is 13.0 Å². The van der Waals surface area contributed by atoms with E-state index in [0.717, 1.165) is 16.8 Å². The Hall–Kier alpha value is -2.29. The lowest BCUT2D eigenvalue weighted by Gasteiger charge is -2.30. The zero-order valence-electron chi connectivity index (χ0n) is 13.1. The summed E-state index contributed by atoms with van der Waals surface area (Å²) in [6.45, 7) is 5.90. The fourth-order valence-electron chi connectivity index (χ4n) is 2.40. The van der Waals surface area contributed by atoms with Gasteiger partial charge >= 0.3 is 0 Å². The number of nitrogens with two attached hydrogens (primary N) is 1. The number of hydrogen-bond donors (Lipinski definition) is 1. The van der Waals surface area contributed by atoms with Gasteiger partial charge < -0.3 is 10.6 Å². The highest BCUT2D eigenvalue weighted by atomic mass is 16.2. The van der Waals surface area contributed by atoms with E-state index in [1.165, 1.54) is 0 Å². The summed E-state index contributed by atoms with van der Waals surface area (Å²) in [6.07, 6.45) is 0. The smallest absolute Gasteiger partial charge is 0.236 e. The van der Waals surface area contributed by atoms with Crippen LogP contribution >= 0.6 is 0 Å². The van der Waals surface area contributed by atoms with Crippen molar-refractivity contribution < 1.29 is 4.79 Å². The molecule has 2 aromatic carbocycles. The van der Waals surface area contributed by atoms with E-state index >= 15 is 0 Å². The average molecular weight is 282 g/mol. The number of carbonyl (C=O) groups is 1. The highest BCUT2D eigenvalue weighted by molar-refractivity contribution is 6.00. The van der Waals surface area contributed by atoms with Crippen molar-refractivity contribution in [3.63, 3.8) is 0 Å². The second kappa shape index (κ2) is 5.60. The third-order valence-electron chi connectivity index (χ3n) is 3.86. The summed E-state index contributed by atoms with van der Waals surface area (Å²) in [7, 11) is 1.82. The fourth-order valence-corrected chi connectivity index (χ4v) is 2.40. The summed E-state index contributed by atoms with van der Waals surface area (Å²) in [6, 6.07) is 15.4. The molecule has 0 radical (unpaired) electrons. The molecule has 0 bridgehead atoms. The van der Waals surface area contributed by atoms with E-state index in [1.54, 1.807) is 4.90 Å². The molecule has 0 heterocycles. The van der Waals surface area contributed by atoms with Gasteiger partial charge in [0.05, 0.1) is 5.41 Å². The van der Waals surface area contributed by atoms with Crippen molar-refractivity contribution in [1.29, 1.82) is 0 Å². The van der Waals surface area contributed by atoms with Crippen LogP contribution < -0.4 is 10.6 Å². The lowest BCUT2D eigenvalue weighted by Crippen LogP contribution is -2.41. The monoisotopic (exact) mass is 282 g/mol. The molecule has 3 nitrogen and oxygen atoms in total. The predicted molar refractivity (Wildman–Crippen MR) is 88.5 cm³/mol. The number of carbonyl (C=O) groups excluding carboxylic acids is 1. The number of nitrogen functional groups attached to an aromatic ring is 1. The van der Waals surface area contributed by atoms with E-state index < -0.39 is 5.41 Å². The van der Waals surface area contributed by atoms with E-state index in [1.807, 2.05) is 76.3 Å². The van der Waals surface area contributed by atoms with Gasteiger partial charge in [-0.2, -0.15) is 0 Å². The summed E-state index contributed by atoms with van der Waals surface area (Å²) >= 11 is 0. The maximum Gasteiger partial charge on any atom is 0.236 e. The highest BCUT2D eigenvalue weighted by Gasteiger charge is 2.32. The third kappa shape index (κ3) is 3.07. The second-order valence-electron chi connectivity index (χ2n) is 5.95. The molecule has 0 aliphatic rings. The first-order chi connectivity index (χ1) is 9.82. The second-order valence-corrected chi connectivity index (χ2v) is 5.95. The molecule has 2 aromatic rings. The Kier molecular flexibility index (Phi) is 4.03. The predicted octanol–water partition coefficient (Wildman–Crippen LogP) is 3.52. The molecular formula is C18H22N2O. The van der Waals surface area contributed by atoms with Crippen molar-refractivity contribution in [3.8, 4) is 0 Å². The van der Waals surface area contributed by atoms with Crippen LogP contribution in [0.5, 0.6) is 0 Å². The van der Waals surface area contributed by atoms with Crippen molar-refractivity contribution in [2.45, 2.75) is 26.2 Å². The summed E-state index contributed by atoms with van der Waals surface area (Å²) in [5.41, 5.74) is 8.82. The zero-order chi connectivity index (χ0) is 15.6. The molecule has 21 heavy (non-hydrogen) atoms. The highest BCUT2D eigenvalue weighted by Crippen LogP contribution is 2.28. The number of hydrogen-bond acceptors (Lipinski definition) is 2. The molecule has 1 amide bonds. The molecular weight excluding hydrogens is 260 g/mol. The van der Waals surface area contributed by atoms with Gasteiger partial charge in [0.15, 0.2) is 0 Å². The van der Waals surface area contributed by atoms with Gasteiger partial charge in [-0.1, -0.05) is 24.3 Å². The Balaban J connectivity index is 2.31. The molecule has 0 saturated carbocycles. The van der Waals surface area contributed by atoms with E-state index in [2.05, 4.69) is 0 Å². The first kappa shape index (κ1) is 15.1. The Bertz CT molecular complexity index is 645. The Morgan fingerprint density at radius 2 is 1.71 bits per heavy atom. The fraction of sp³-hybridized carbons (Fsp3) is 0.278. The average Bonchev–Trinajstić information content (AvgIpc) is 2.46. The quantitative estimate of drug-likeness (QED) is 0.876. The Labute approximate surface area is 126 Å². The summed E-state index contributed by atoms with van der Waals surface area (Å²) in [5.74, 6) is 0.0536. The molecule has 2 rings (SSSR count). The maximum absolute atomic E-state index is 12.9. The van der Waals surface area contributed by atoms with Gasteiger partial charge in [-0.3, -0.25) is 4.79 Å². The summed E-state index contributed by atoms with van der Waals surface area (Å²) < 4.78 is 0. The number of aryl methyl sites for hydroxylation is 1. The van der Waals surface area contributed by atoms with Crippen molar-refractivity contribution in [3.05, 3.63) is 59.7 Å². The van der Waals surface area contributed by atoms with Crippen LogP contribution in [0.25, 0.3) is 0 Å². The number of nitrogens with zero attached hydrogens (tertiary/aromatic N) is 1. The van der Waals surface area contributed by atoms with Gasteiger partial charge in [-0.05, 0) is 56.2 Å². The van der Waals surface area contributed by atoms with Crippen LogP contribution in [0, 0.1) is 6.92 Å². The van der Waals surface area contributed by atoms with Crippen LogP contribution in [0.15, 0.2) is 48.5 Å². The van der Waals surface area contributed by atoms with Crippen LogP contribution in [0.2, 0.25) is 0 Å². The van der Waals surface area contributed by atoms with Crippen molar-refractivity contribution in [2.24, 2.45) is 0 Å². The number of anilines is 2. The van der Waals surface area contributed by atoms with E-state index in [-0.39, 0.29) is 5.91 Å². The Morgan fingerprint density at radius 3 is 2.29 bits per heavy atom. The maximum atomic E-state index is 12.9. The summed E-state index contributed by atoms with van der Waals surface area (Å²) in [4.78, 5) is 14.6. The number of amides is 1. The van der Waals surface area contributed by atoms with Crippen molar-refractivity contribution in [2.75, 3.05) is 17.7 Å². The minimum Gasteiger partial charge on any atom is -0.399 e. The van der Waals surface area contributed by atoms with Gasteiger partial charge in [-0.15, -0.1) is 0 Å². The molecule has 0 spiro atoms. The van der Waals surface area contributed by atoms with Crippen molar-refractivity contribution in [1.82, 2.24) is 0 Å². The molecule has 0 aliphatic carbocycles. The van der Waals surface area contributed by atoms with E-state index in [0.29, 0.717) is 5.69 Å². The molecule has 110 valence electrons. The topological polar surface area (TPSA) is 46.3 Å². The number of likely N-dealkylation sites (N-methyl/N-ethyl adjacent to an activating group) is 1. The molecule has 0 unspecified atom stereocenters. The van der Waals surface area contributed by atoms with Crippen LogP contribution in [0.4, 0.5) is 11.4 Å². The number of benzene rings is 2. The first-order valence-corrected chi connectivity index (χ1v) is 7.03. The third-order valence-corrected chi connectivity index (χ3v) is 3.86. The molecule has 0 aliphatic heterocycles. The standard InChI is InChI=1S/C18H22N2O/c1-13-6-5-7-16(12-13)20(4)17(21)18(2,3)14-8-10-15(19)11-9-14/h5-12H,19H2,1-4H3. The van der Waals surface area contributed by atoms with E-state index in [4.69, 9.17) is 5.73 Å². The van der Waals surface area contributed by atoms with Crippen molar-refractivity contribution >= 4 is 17.3 Å². The largest absolute Gasteiger partial charge is 0.399 e. The van der Waals surface area contributed by atoms with Crippen LogP contribution in [0.3, 0.4) is 0 Å². The molecule has 2 N–H and O–H groups in total. The lowest BCUT2D eigenvalue weighted by molar-refractivity contribution is -0.122. The summed E-state index contributed by atoms with van der Waals surface area (Å²) in [5, 5.41) is 0.